The van der Waals surface area contributed by atoms with Gasteiger partial charge in [0.1, 0.15) is 11.4 Å². The summed E-state index contributed by atoms with van der Waals surface area (Å²) in [4.78, 5) is 0. The van der Waals surface area contributed by atoms with E-state index in [9.17, 15) is 22.0 Å². The Balaban J connectivity index is 1.88. The van der Waals surface area contributed by atoms with Gasteiger partial charge in [0.25, 0.3) is 0 Å². The molecule has 156 valence electrons. The maximum Gasteiger partial charge on any atom is 0.177 e. The summed E-state index contributed by atoms with van der Waals surface area (Å²) in [5.74, 6) is -1.37. The Hall–Kier alpha value is -2.87. The molecule has 0 nitrogen and oxygen atoms in total. The molecule has 0 amide bonds. The van der Waals surface area contributed by atoms with Gasteiger partial charge in [-0.1, -0.05) is 56.6 Å². The molecule has 0 fully saturated rings. The van der Waals surface area contributed by atoms with E-state index in [0.29, 0.717) is 22.8 Å². The van der Waals surface area contributed by atoms with Gasteiger partial charge in [-0.25, -0.2) is 22.0 Å². The van der Waals surface area contributed by atoms with Crippen LogP contribution in [0, 0.1) is 40.9 Å². The van der Waals surface area contributed by atoms with Gasteiger partial charge in [0.05, 0.1) is 0 Å². The lowest BCUT2D eigenvalue weighted by molar-refractivity contribution is 0.432. The van der Waals surface area contributed by atoms with Crippen LogP contribution in [0.5, 0.6) is 0 Å². The molecule has 0 aliphatic carbocycles. The Morgan fingerprint density at radius 3 is 2.00 bits per heavy atom. The highest BCUT2D eigenvalue weighted by Crippen LogP contribution is 2.26. The number of hydrogen-bond donors (Lipinski definition) is 0. The first-order valence-electron chi connectivity index (χ1n) is 9.98. The minimum absolute atomic E-state index is 0.0653. The highest BCUT2D eigenvalue weighted by atomic mass is 19.2. The molecule has 0 unspecified atom stereocenters. The van der Waals surface area contributed by atoms with Crippen molar-refractivity contribution in [3.8, 4) is 11.8 Å². The van der Waals surface area contributed by atoms with Crippen molar-refractivity contribution in [2.24, 2.45) is 0 Å². The fourth-order valence-electron chi connectivity index (χ4n) is 3.34. The van der Waals surface area contributed by atoms with E-state index >= 15 is 0 Å². The molecule has 0 bridgehead atoms. The Labute approximate surface area is 172 Å². The summed E-state index contributed by atoms with van der Waals surface area (Å²) in [6.07, 6.45) is 4.06. The summed E-state index contributed by atoms with van der Waals surface area (Å²) >= 11 is 0. The number of rotatable bonds is 6. The summed E-state index contributed by atoms with van der Waals surface area (Å²) in [6, 6.07) is 8.93. The number of unbranched alkanes of at least 4 members (excludes halogenated alkanes) is 4. The number of hydrogen-bond acceptors (Lipinski definition) is 0. The van der Waals surface area contributed by atoms with Crippen LogP contribution >= 0.6 is 0 Å². The van der Waals surface area contributed by atoms with Gasteiger partial charge in [-0.15, -0.1) is 0 Å². The van der Waals surface area contributed by atoms with Crippen LogP contribution in [0.1, 0.15) is 55.7 Å². The Morgan fingerprint density at radius 1 is 0.667 bits per heavy atom. The maximum atomic E-state index is 14.4. The van der Waals surface area contributed by atoms with Gasteiger partial charge in [0.2, 0.25) is 0 Å². The molecule has 30 heavy (non-hydrogen) atoms. The summed E-state index contributed by atoms with van der Waals surface area (Å²) in [7, 11) is 0. The van der Waals surface area contributed by atoms with Gasteiger partial charge >= 0.3 is 0 Å². The van der Waals surface area contributed by atoms with Crippen molar-refractivity contribution in [1.29, 1.82) is 0 Å². The first kappa shape index (κ1) is 21.8. The third-order valence-electron chi connectivity index (χ3n) is 5.02. The minimum Gasteiger partial charge on any atom is -0.207 e. The van der Waals surface area contributed by atoms with Gasteiger partial charge < -0.3 is 0 Å². The fraction of sp³-hybridized carbons (Fsp3) is 0.280. The molecular formula is C25H21F5. The zero-order chi connectivity index (χ0) is 21.7. The fourth-order valence-corrected chi connectivity index (χ4v) is 3.34. The van der Waals surface area contributed by atoms with Crippen molar-refractivity contribution in [3.05, 3.63) is 82.2 Å². The van der Waals surface area contributed by atoms with E-state index in [1.54, 1.807) is 24.3 Å². The summed E-state index contributed by atoms with van der Waals surface area (Å²) in [5.41, 5.74) is -1.12. The molecule has 0 heterocycles. The second-order valence-corrected chi connectivity index (χ2v) is 7.23. The number of halogens is 5. The van der Waals surface area contributed by atoms with E-state index in [2.05, 4.69) is 11.8 Å². The van der Waals surface area contributed by atoms with Crippen LogP contribution in [0.3, 0.4) is 0 Å². The molecule has 0 radical (unpaired) electrons. The SMILES string of the molecule is CCCCCCCc1c(F)c(F)c(C#Cc2ccc3cc(F)ccc3c2)c(F)c1F. The van der Waals surface area contributed by atoms with Gasteiger partial charge in [-0.05, 0) is 47.9 Å². The molecule has 0 spiro atoms. The monoisotopic (exact) mass is 416 g/mol. The zero-order valence-corrected chi connectivity index (χ0v) is 16.6. The Bertz CT molecular complexity index is 1090. The van der Waals surface area contributed by atoms with E-state index in [1.165, 1.54) is 12.1 Å². The molecule has 5 heteroatoms. The molecule has 3 aromatic carbocycles. The Morgan fingerprint density at radius 2 is 1.30 bits per heavy atom. The molecular weight excluding hydrogens is 395 g/mol. The van der Waals surface area contributed by atoms with Crippen LogP contribution in [-0.4, -0.2) is 0 Å². The zero-order valence-electron chi connectivity index (χ0n) is 16.6. The van der Waals surface area contributed by atoms with Gasteiger partial charge in [-0.2, -0.15) is 0 Å². The highest BCUT2D eigenvalue weighted by molar-refractivity contribution is 5.84. The number of fused-ring (bicyclic) bond motifs is 1. The summed E-state index contributed by atoms with van der Waals surface area (Å²) in [5, 5.41) is 1.32. The van der Waals surface area contributed by atoms with Crippen LogP contribution in [0.25, 0.3) is 10.8 Å². The predicted octanol–water partition coefficient (Wildman–Crippen LogP) is 7.45. The first-order chi connectivity index (χ1) is 14.4. The van der Waals surface area contributed by atoms with Crippen LogP contribution in [0.15, 0.2) is 36.4 Å². The van der Waals surface area contributed by atoms with Gasteiger partial charge in [0.15, 0.2) is 23.3 Å². The number of benzene rings is 3. The van der Waals surface area contributed by atoms with Gasteiger partial charge in [0, 0.05) is 11.1 Å². The van der Waals surface area contributed by atoms with E-state index < -0.39 is 34.4 Å². The molecule has 0 aromatic heterocycles. The smallest absolute Gasteiger partial charge is 0.177 e. The first-order valence-corrected chi connectivity index (χ1v) is 9.98. The molecule has 3 aromatic rings. The average Bonchev–Trinajstić information content (AvgIpc) is 2.74. The van der Waals surface area contributed by atoms with E-state index in [4.69, 9.17) is 0 Å². The van der Waals surface area contributed by atoms with Crippen LogP contribution < -0.4 is 0 Å². The standard InChI is InChI=1S/C25H21F5/c1-2-3-4-5-6-7-20-22(27)24(29)21(25(30)23(20)28)13-9-16-8-10-18-15-19(26)12-11-17(18)14-16/h8,10-12,14-15H,2-7H2,1H3. The second kappa shape index (κ2) is 9.75. The highest BCUT2D eigenvalue weighted by Gasteiger charge is 2.24. The van der Waals surface area contributed by atoms with E-state index in [0.717, 1.165) is 25.7 Å². The third-order valence-corrected chi connectivity index (χ3v) is 5.02. The molecule has 3 rings (SSSR count). The largest absolute Gasteiger partial charge is 0.207 e. The van der Waals surface area contributed by atoms with Crippen molar-refractivity contribution in [2.75, 3.05) is 0 Å². The predicted molar refractivity (Wildman–Crippen MR) is 109 cm³/mol. The topological polar surface area (TPSA) is 0 Å². The van der Waals surface area contributed by atoms with Crippen LogP contribution in [0.4, 0.5) is 22.0 Å². The second-order valence-electron chi connectivity index (χ2n) is 7.23. The lowest BCUT2D eigenvalue weighted by Crippen LogP contribution is -2.07. The van der Waals surface area contributed by atoms with Crippen molar-refractivity contribution < 1.29 is 22.0 Å². The van der Waals surface area contributed by atoms with Crippen LogP contribution in [0.2, 0.25) is 0 Å². The van der Waals surface area contributed by atoms with Crippen molar-refractivity contribution in [3.63, 3.8) is 0 Å². The minimum atomic E-state index is -1.48. The Kier molecular flexibility index (Phi) is 7.10. The maximum absolute atomic E-state index is 14.4. The van der Waals surface area contributed by atoms with Crippen molar-refractivity contribution in [1.82, 2.24) is 0 Å². The molecule has 0 atom stereocenters. The lowest BCUT2D eigenvalue weighted by atomic mass is 10.0. The molecule has 0 N–H and O–H groups in total. The lowest BCUT2D eigenvalue weighted by Gasteiger charge is -2.09. The van der Waals surface area contributed by atoms with E-state index in [-0.39, 0.29) is 12.2 Å². The summed E-state index contributed by atoms with van der Waals surface area (Å²) in [6.45, 7) is 2.04. The third kappa shape index (κ3) is 4.81. The van der Waals surface area contributed by atoms with Crippen molar-refractivity contribution >= 4 is 10.8 Å². The quantitative estimate of drug-likeness (QED) is 0.169. The molecule has 0 aliphatic rings. The average molecular weight is 416 g/mol. The summed E-state index contributed by atoms with van der Waals surface area (Å²) < 4.78 is 70.8. The molecule has 0 saturated heterocycles. The van der Waals surface area contributed by atoms with Crippen LogP contribution in [-0.2, 0) is 6.42 Å². The van der Waals surface area contributed by atoms with Crippen molar-refractivity contribution in [2.45, 2.75) is 45.4 Å². The molecule has 0 saturated carbocycles. The molecule has 0 aliphatic heterocycles. The van der Waals surface area contributed by atoms with E-state index in [1.807, 2.05) is 6.92 Å². The van der Waals surface area contributed by atoms with Gasteiger partial charge in [-0.3, -0.25) is 0 Å². The normalized spacial score (nSPS) is 10.9.